The van der Waals surface area contributed by atoms with Crippen LogP contribution in [0, 0.1) is 10.1 Å². The second kappa shape index (κ2) is 6.85. The fourth-order valence-electron chi connectivity index (χ4n) is 1.92. The van der Waals surface area contributed by atoms with Crippen LogP contribution in [0.3, 0.4) is 0 Å². The van der Waals surface area contributed by atoms with Gasteiger partial charge in [-0.2, -0.15) is 0 Å². The van der Waals surface area contributed by atoms with Gasteiger partial charge in [0.15, 0.2) is 17.4 Å². The van der Waals surface area contributed by atoms with E-state index >= 15 is 0 Å². The van der Waals surface area contributed by atoms with Gasteiger partial charge in [0.1, 0.15) is 0 Å². The Hall–Kier alpha value is -2.41. The summed E-state index contributed by atoms with van der Waals surface area (Å²) >= 11 is 0. The molecule has 0 radical (unpaired) electrons. The quantitative estimate of drug-likeness (QED) is 0.478. The highest BCUT2D eigenvalue weighted by Gasteiger charge is 2.17. The predicted molar refractivity (Wildman–Crippen MR) is 77.4 cm³/mol. The Morgan fingerprint density at radius 3 is 2.95 bits per heavy atom. The lowest BCUT2D eigenvalue weighted by Crippen LogP contribution is -2.16. The Morgan fingerprint density at radius 2 is 2.29 bits per heavy atom. The number of benzene rings is 1. The number of nitro groups is 1. The fraction of sp³-hybridized carbons (Fsp3) is 0.357. The minimum atomic E-state index is -0.481. The third kappa shape index (κ3) is 3.57. The molecule has 0 aliphatic rings. The van der Waals surface area contributed by atoms with Crippen LogP contribution in [0.15, 0.2) is 28.8 Å². The SMILES string of the molecule is CCNCCc1ncc(-c2ccc(OC)c([N+](=O)[O-])c2)o1. The van der Waals surface area contributed by atoms with Gasteiger partial charge >= 0.3 is 5.69 Å². The second-order valence-corrected chi connectivity index (χ2v) is 4.37. The molecule has 0 amide bonds. The van der Waals surface area contributed by atoms with Crippen LogP contribution in [0.4, 0.5) is 5.69 Å². The summed E-state index contributed by atoms with van der Waals surface area (Å²) in [4.78, 5) is 14.7. The molecule has 7 nitrogen and oxygen atoms in total. The molecule has 0 fully saturated rings. The van der Waals surface area contributed by atoms with Crippen LogP contribution in [-0.4, -0.2) is 30.1 Å². The molecule has 21 heavy (non-hydrogen) atoms. The molecule has 1 aromatic heterocycles. The van der Waals surface area contributed by atoms with Crippen LogP contribution in [0.2, 0.25) is 0 Å². The van der Waals surface area contributed by atoms with Gasteiger partial charge in [0.25, 0.3) is 0 Å². The van der Waals surface area contributed by atoms with Crippen molar-refractivity contribution in [2.24, 2.45) is 0 Å². The molecule has 112 valence electrons. The van der Waals surface area contributed by atoms with E-state index in [4.69, 9.17) is 9.15 Å². The summed E-state index contributed by atoms with van der Waals surface area (Å²) in [6.07, 6.45) is 2.25. The highest BCUT2D eigenvalue weighted by Crippen LogP contribution is 2.32. The van der Waals surface area contributed by atoms with Crippen molar-refractivity contribution in [2.75, 3.05) is 20.2 Å². The molecule has 0 aliphatic heterocycles. The highest BCUT2D eigenvalue weighted by molar-refractivity contribution is 5.64. The lowest BCUT2D eigenvalue weighted by Gasteiger charge is -2.03. The molecule has 0 unspecified atom stereocenters. The van der Waals surface area contributed by atoms with Crippen LogP contribution in [0.1, 0.15) is 12.8 Å². The summed E-state index contributed by atoms with van der Waals surface area (Å²) in [6.45, 7) is 3.69. The number of nitrogens with zero attached hydrogens (tertiary/aromatic N) is 2. The first-order chi connectivity index (χ1) is 10.2. The van der Waals surface area contributed by atoms with E-state index in [1.807, 2.05) is 6.92 Å². The first kappa shape index (κ1) is 15.0. The second-order valence-electron chi connectivity index (χ2n) is 4.37. The molecule has 7 heteroatoms. The number of hydrogen-bond acceptors (Lipinski definition) is 6. The number of likely N-dealkylation sites (N-methyl/N-ethyl adjacent to an activating group) is 1. The first-order valence-corrected chi connectivity index (χ1v) is 6.64. The molecule has 0 spiro atoms. The zero-order chi connectivity index (χ0) is 15.2. The molecule has 0 saturated heterocycles. The van der Waals surface area contributed by atoms with Gasteiger partial charge in [0, 0.05) is 24.6 Å². The maximum Gasteiger partial charge on any atom is 0.311 e. The average molecular weight is 291 g/mol. The van der Waals surface area contributed by atoms with E-state index in [-0.39, 0.29) is 11.4 Å². The standard InChI is InChI=1S/C14H17N3O4/c1-3-15-7-6-14-16-9-13(21-14)10-4-5-12(20-2)11(8-10)17(18)19/h4-5,8-9,15H,3,6-7H2,1-2H3. The first-order valence-electron chi connectivity index (χ1n) is 6.64. The van der Waals surface area contributed by atoms with Gasteiger partial charge in [-0.05, 0) is 18.7 Å². The number of nitro benzene ring substituents is 1. The van der Waals surface area contributed by atoms with E-state index in [2.05, 4.69) is 10.3 Å². The van der Waals surface area contributed by atoms with Crippen molar-refractivity contribution >= 4 is 5.69 Å². The molecule has 1 aromatic carbocycles. The average Bonchev–Trinajstić information content (AvgIpc) is 2.95. The molecular weight excluding hydrogens is 274 g/mol. The third-order valence-electron chi connectivity index (χ3n) is 2.98. The number of hydrogen-bond donors (Lipinski definition) is 1. The summed E-state index contributed by atoms with van der Waals surface area (Å²) in [6, 6.07) is 4.68. The van der Waals surface area contributed by atoms with E-state index in [0.29, 0.717) is 23.6 Å². The van der Waals surface area contributed by atoms with Gasteiger partial charge < -0.3 is 14.5 Å². The summed E-state index contributed by atoms with van der Waals surface area (Å²) in [7, 11) is 1.40. The van der Waals surface area contributed by atoms with Gasteiger partial charge in [0.05, 0.1) is 18.2 Å². The maximum atomic E-state index is 11.0. The van der Waals surface area contributed by atoms with Crippen molar-refractivity contribution in [3.05, 3.63) is 40.4 Å². The van der Waals surface area contributed by atoms with Crippen molar-refractivity contribution in [3.63, 3.8) is 0 Å². The van der Waals surface area contributed by atoms with Gasteiger partial charge in [-0.1, -0.05) is 6.92 Å². The summed E-state index contributed by atoms with van der Waals surface area (Å²) in [5.74, 6) is 1.33. The summed E-state index contributed by atoms with van der Waals surface area (Å²) in [5.41, 5.74) is 0.505. The summed E-state index contributed by atoms with van der Waals surface area (Å²) in [5, 5.41) is 14.2. The minimum Gasteiger partial charge on any atom is -0.490 e. The number of ether oxygens (including phenoxy) is 1. The van der Waals surface area contributed by atoms with E-state index in [0.717, 1.165) is 13.1 Å². The Balaban J connectivity index is 2.22. The number of rotatable bonds is 7. The fourth-order valence-corrected chi connectivity index (χ4v) is 1.92. The smallest absolute Gasteiger partial charge is 0.311 e. The topological polar surface area (TPSA) is 90.4 Å². The Bertz CT molecular complexity index is 624. The van der Waals surface area contributed by atoms with E-state index < -0.39 is 4.92 Å². The Labute approximate surface area is 122 Å². The van der Waals surface area contributed by atoms with Crippen LogP contribution < -0.4 is 10.1 Å². The number of oxazole rings is 1. The third-order valence-corrected chi connectivity index (χ3v) is 2.98. The highest BCUT2D eigenvalue weighted by atomic mass is 16.6. The van der Waals surface area contributed by atoms with Crippen LogP contribution >= 0.6 is 0 Å². The molecule has 1 N–H and O–H groups in total. The van der Waals surface area contributed by atoms with Gasteiger partial charge in [-0.15, -0.1) is 0 Å². The van der Waals surface area contributed by atoms with E-state index in [9.17, 15) is 10.1 Å². The van der Waals surface area contributed by atoms with Crippen molar-refractivity contribution in [1.82, 2.24) is 10.3 Å². The van der Waals surface area contributed by atoms with Crippen LogP contribution in [-0.2, 0) is 6.42 Å². The van der Waals surface area contributed by atoms with Crippen LogP contribution in [0.5, 0.6) is 5.75 Å². The number of methoxy groups -OCH3 is 1. The minimum absolute atomic E-state index is 0.0967. The Morgan fingerprint density at radius 1 is 1.48 bits per heavy atom. The van der Waals surface area contributed by atoms with Crippen molar-refractivity contribution in [1.29, 1.82) is 0 Å². The molecule has 2 rings (SSSR count). The normalized spacial score (nSPS) is 10.6. The van der Waals surface area contributed by atoms with Crippen LogP contribution in [0.25, 0.3) is 11.3 Å². The molecule has 2 aromatic rings. The van der Waals surface area contributed by atoms with Gasteiger partial charge in [-0.25, -0.2) is 4.98 Å². The number of nitrogens with one attached hydrogen (secondary N) is 1. The predicted octanol–water partition coefficient (Wildman–Crippen LogP) is 2.41. The lowest BCUT2D eigenvalue weighted by atomic mass is 10.1. The Kier molecular flexibility index (Phi) is 4.89. The molecule has 0 bridgehead atoms. The van der Waals surface area contributed by atoms with Crippen molar-refractivity contribution in [3.8, 4) is 17.1 Å². The molecular formula is C14H17N3O4. The number of aromatic nitrogens is 1. The molecule has 0 atom stereocenters. The van der Waals surface area contributed by atoms with Crippen molar-refractivity contribution < 1.29 is 14.1 Å². The van der Waals surface area contributed by atoms with Gasteiger partial charge in [-0.3, -0.25) is 10.1 Å². The van der Waals surface area contributed by atoms with E-state index in [1.54, 1.807) is 18.3 Å². The van der Waals surface area contributed by atoms with Crippen molar-refractivity contribution in [2.45, 2.75) is 13.3 Å². The van der Waals surface area contributed by atoms with E-state index in [1.165, 1.54) is 13.2 Å². The molecule has 0 saturated carbocycles. The molecule has 0 aliphatic carbocycles. The molecule has 1 heterocycles. The zero-order valence-electron chi connectivity index (χ0n) is 12.0. The maximum absolute atomic E-state index is 11.0. The lowest BCUT2D eigenvalue weighted by molar-refractivity contribution is -0.385. The monoisotopic (exact) mass is 291 g/mol. The zero-order valence-corrected chi connectivity index (χ0v) is 12.0. The summed E-state index contributed by atoms with van der Waals surface area (Å²) < 4.78 is 10.6. The largest absolute Gasteiger partial charge is 0.490 e. The van der Waals surface area contributed by atoms with Gasteiger partial charge in [0.2, 0.25) is 0 Å².